The van der Waals surface area contributed by atoms with E-state index in [0.29, 0.717) is 6.54 Å². The van der Waals surface area contributed by atoms with E-state index in [1.807, 2.05) is 48.4 Å². The number of imidazole rings is 1. The lowest BCUT2D eigenvalue weighted by Gasteiger charge is -2.15. The van der Waals surface area contributed by atoms with Gasteiger partial charge in [0.2, 0.25) is 0 Å². The van der Waals surface area contributed by atoms with E-state index in [2.05, 4.69) is 46.6 Å². The Morgan fingerprint density at radius 2 is 2.03 bits per heavy atom. The molecule has 3 aromatic heterocycles. The standard InChI is InChI=1S/C23H28N6O/c1-5-18(14-30)20-12-21(29-22(26-20)15(2)16(3)27-29)25-13-17-7-6-8-19(11-17)23-24-9-10-28(23)4/h6-12,18,25,30H,5,13-14H2,1-4H3. The summed E-state index contributed by atoms with van der Waals surface area (Å²) >= 11 is 0. The molecule has 0 aliphatic rings. The van der Waals surface area contributed by atoms with Crippen LogP contribution < -0.4 is 5.32 Å². The van der Waals surface area contributed by atoms with E-state index in [-0.39, 0.29) is 12.5 Å². The highest BCUT2D eigenvalue weighted by Gasteiger charge is 2.17. The molecule has 156 valence electrons. The predicted molar refractivity (Wildman–Crippen MR) is 119 cm³/mol. The van der Waals surface area contributed by atoms with E-state index in [1.54, 1.807) is 0 Å². The van der Waals surface area contributed by atoms with Gasteiger partial charge in [0, 0.05) is 49.1 Å². The number of fused-ring (bicyclic) bond motifs is 1. The Bertz CT molecular complexity index is 1170. The van der Waals surface area contributed by atoms with Gasteiger partial charge in [0.15, 0.2) is 5.65 Å². The highest BCUT2D eigenvalue weighted by atomic mass is 16.3. The number of rotatable bonds is 7. The molecule has 7 nitrogen and oxygen atoms in total. The molecule has 1 unspecified atom stereocenters. The number of nitrogens with one attached hydrogen (secondary N) is 1. The molecule has 1 aromatic carbocycles. The molecule has 0 aliphatic carbocycles. The van der Waals surface area contributed by atoms with Gasteiger partial charge in [-0.25, -0.2) is 9.97 Å². The molecule has 0 amide bonds. The Labute approximate surface area is 176 Å². The zero-order valence-corrected chi connectivity index (χ0v) is 17.9. The van der Waals surface area contributed by atoms with Crippen molar-refractivity contribution in [1.82, 2.24) is 24.1 Å². The Kier molecular flexibility index (Phi) is 5.55. The lowest BCUT2D eigenvalue weighted by Crippen LogP contribution is -2.11. The normalized spacial score (nSPS) is 12.4. The lowest BCUT2D eigenvalue weighted by molar-refractivity contribution is 0.260. The van der Waals surface area contributed by atoms with E-state index in [1.165, 1.54) is 0 Å². The summed E-state index contributed by atoms with van der Waals surface area (Å²) < 4.78 is 3.88. The topological polar surface area (TPSA) is 80.3 Å². The minimum Gasteiger partial charge on any atom is -0.396 e. The summed E-state index contributed by atoms with van der Waals surface area (Å²) in [5, 5.41) is 18.0. The van der Waals surface area contributed by atoms with Crippen molar-refractivity contribution in [3.05, 3.63) is 65.2 Å². The molecule has 0 radical (unpaired) electrons. The minimum absolute atomic E-state index is 0.0110. The first-order valence-electron chi connectivity index (χ1n) is 10.3. The van der Waals surface area contributed by atoms with Crippen LogP contribution in [0.15, 0.2) is 42.7 Å². The van der Waals surface area contributed by atoms with Crippen LogP contribution in [-0.2, 0) is 13.6 Å². The van der Waals surface area contributed by atoms with Crippen LogP contribution in [0, 0.1) is 13.8 Å². The highest BCUT2D eigenvalue weighted by molar-refractivity contribution is 5.58. The maximum Gasteiger partial charge on any atom is 0.160 e. The maximum atomic E-state index is 9.78. The quantitative estimate of drug-likeness (QED) is 0.489. The van der Waals surface area contributed by atoms with Gasteiger partial charge in [0.1, 0.15) is 11.6 Å². The number of aliphatic hydroxyl groups is 1. The molecule has 2 N–H and O–H groups in total. The number of aryl methyl sites for hydroxylation is 3. The van der Waals surface area contributed by atoms with Gasteiger partial charge in [0.25, 0.3) is 0 Å². The molecule has 0 bridgehead atoms. The van der Waals surface area contributed by atoms with E-state index in [0.717, 1.165) is 51.8 Å². The first-order valence-corrected chi connectivity index (χ1v) is 10.3. The van der Waals surface area contributed by atoms with Crippen molar-refractivity contribution in [2.24, 2.45) is 7.05 Å². The van der Waals surface area contributed by atoms with Crippen LogP contribution in [0.5, 0.6) is 0 Å². The molecule has 4 rings (SSSR count). The van der Waals surface area contributed by atoms with Crippen molar-refractivity contribution in [3.8, 4) is 11.4 Å². The minimum atomic E-state index is 0.0110. The number of nitrogens with zero attached hydrogens (tertiary/aromatic N) is 5. The monoisotopic (exact) mass is 404 g/mol. The van der Waals surface area contributed by atoms with Gasteiger partial charge in [0.05, 0.1) is 18.0 Å². The largest absolute Gasteiger partial charge is 0.396 e. The molecular formula is C23H28N6O. The van der Waals surface area contributed by atoms with Crippen molar-refractivity contribution in [2.75, 3.05) is 11.9 Å². The summed E-state index contributed by atoms with van der Waals surface area (Å²) in [6.07, 6.45) is 4.59. The van der Waals surface area contributed by atoms with Gasteiger partial charge >= 0.3 is 0 Å². The number of aromatic nitrogens is 5. The second kappa shape index (κ2) is 8.28. The second-order valence-electron chi connectivity index (χ2n) is 7.72. The SMILES string of the molecule is CCC(CO)c1cc(NCc2cccc(-c3nccn3C)c2)n2nc(C)c(C)c2n1. The summed E-state index contributed by atoms with van der Waals surface area (Å²) in [6.45, 7) is 6.82. The Morgan fingerprint density at radius 3 is 2.73 bits per heavy atom. The molecule has 30 heavy (non-hydrogen) atoms. The number of hydrogen-bond donors (Lipinski definition) is 2. The van der Waals surface area contributed by atoms with Gasteiger partial charge in [-0.2, -0.15) is 9.61 Å². The molecule has 0 saturated carbocycles. The Balaban J connectivity index is 1.67. The first-order chi connectivity index (χ1) is 14.5. The molecule has 4 aromatic rings. The van der Waals surface area contributed by atoms with Gasteiger partial charge < -0.3 is 15.0 Å². The molecular weight excluding hydrogens is 376 g/mol. The van der Waals surface area contributed by atoms with Crippen LogP contribution in [0.25, 0.3) is 17.0 Å². The first kappa shape index (κ1) is 20.1. The molecule has 0 aliphatic heterocycles. The third-order valence-electron chi connectivity index (χ3n) is 5.69. The third-order valence-corrected chi connectivity index (χ3v) is 5.69. The fourth-order valence-electron chi connectivity index (χ4n) is 3.67. The van der Waals surface area contributed by atoms with E-state index in [4.69, 9.17) is 4.98 Å². The zero-order chi connectivity index (χ0) is 21.3. The fraction of sp³-hybridized carbons (Fsp3) is 0.348. The van der Waals surface area contributed by atoms with Gasteiger partial charge in [-0.1, -0.05) is 25.1 Å². The van der Waals surface area contributed by atoms with Crippen molar-refractivity contribution < 1.29 is 5.11 Å². The van der Waals surface area contributed by atoms with Crippen molar-refractivity contribution in [2.45, 2.75) is 39.7 Å². The van der Waals surface area contributed by atoms with E-state index in [9.17, 15) is 5.11 Å². The smallest absolute Gasteiger partial charge is 0.160 e. The van der Waals surface area contributed by atoms with Gasteiger partial charge in [-0.15, -0.1) is 0 Å². The van der Waals surface area contributed by atoms with Crippen LogP contribution >= 0.6 is 0 Å². The van der Waals surface area contributed by atoms with Gasteiger partial charge in [-0.3, -0.25) is 0 Å². The van der Waals surface area contributed by atoms with Crippen LogP contribution in [-0.4, -0.2) is 35.9 Å². The average Bonchev–Trinajstić information content (AvgIpc) is 3.31. The fourth-order valence-corrected chi connectivity index (χ4v) is 3.67. The summed E-state index contributed by atoms with van der Waals surface area (Å²) in [6, 6.07) is 10.4. The molecule has 0 fully saturated rings. The van der Waals surface area contributed by atoms with Crippen LogP contribution in [0.3, 0.4) is 0 Å². The number of aliphatic hydroxyl groups excluding tert-OH is 1. The Morgan fingerprint density at radius 1 is 1.20 bits per heavy atom. The number of anilines is 1. The summed E-state index contributed by atoms with van der Waals surface area (Å²) in [7, 11) is 2.00. The van der Waals surface area contributed by atoms with Crippen molar-refractivity contribution >= 4 is 11.5 Å². The van der Waals surface area contributed by atoms with Crippen molar-refractivity contribution in [3.63, 3.8) is 0 Å². The highest BCUT2D eigenvalue weighted by Crippen LogP contribution is 2.25. The lowest BCUT2D eigenvalue weighted by atomic mass is 10.0. The molecule has 7 heteroatoms. The summed E-state index contributed by atoms with van der Waals surface area (Å²) in [4.78, 5) is 9.25. The number of hydrogen-bond acceptors (Lipinski definition) is 5. The van der Waals surface area contributed by atoms with E-state index >= 15 is 0 Å². The van der Waals surface area contributed by atoms with Crippen LogP contribution in [0.4, 0.5) is 5.82 Å². The predicted octanol–water partition coefficient (Wildman–Crippen LogP) is 3.84. The summed E-state index contributed by atoms with van der Waals surface area (Å²) in [5.41, 5.74) is 5.97. The second-order valence-corrected chi connectivity index (χ2v) is 7.72. The molecule has 0 saturated heterocycles. The van der Waals surface area contributed by atoms with Crippen molar-refractivity contribution in [1.29, 1.82) is 0 Å². The summed E-state index contributed by atoms with van der Waals surface area (Å²) in [5.74, 6) is 1.83. The van der Waals surface area contributed by atoms with Crippen LogP contribution in [0.2, 0.25) is 0 Å². The third kappa shape index (κ3) is 3.68. The van der Waals surface area contributed by atoms with Crippen LogP contribution in [0.1, 0.15) is 41.8 Å². The average molecular weight is 405 g/mol. The number of benzene rings is 1. The zero-order valence-electron chi connectivity index (χ0n) is 17.9. The molecule has 0 spiro atoms. The molecule has 1 atom stereocenters. The molecule has 3 heterocycles. The van der Waals surface area contributed by atoms with E-state index < -0.39 is 0 Å². The van der Waals surface area contributed by atoms with Gasteiger partial charge in [-0.05, 0) is 31.9 Å². The Hall–Kier alpha value is -3.19. The maximum absolute atomic E-state index is 9.78.